The lowest BCUT2D eigenvalue weighted by atomic mass is 10.1. The molecule has 2 rings (SSSR count). The number of aromatic nitrogens is 2. The molecule has 0 aromatic carbocycles. The molecule has 0 amide bonds. The minimum absolute atomic E-state index is 0.206. The highest BCUT2D eigenvalue weighted by atomic mass is 79.9. The van der Waals surface area contributed by atoms with Crippen LogP contribution >= 0.6 is 15.9 Å². The van der Waals surface area contributed by atoms with Crippen LogP contribution in [-0.4, -0.2) is 9.78 Å². The zero-order valence-corrected chi connectivity index (χ0v) is 12.1. The Labute approximate surface area is 114 Å². The monoisotopic (exact) mass is 312 g/mol. The van der Waals surface area contributed by atoms with Crippen LogP contribution in [0.1, 0.15) is 37.0 Å². The summed E-state index contributed by atoms with van der Waals surface area (Å²) in [4.78, 5) is 0. The van der Waals surface area contributed by atoms with Gasteiger partial charge < -0.3 is 4.42 Å². The summed E-state index contributed by atoms with van der Waals surface area (Å²) < 4.78 is 8.32. The number of nitrogens with zero attached hydrogens (tertiary/aromatic N) is 2. The van der Waals surface area contributed by atoms with Crippen molar-refractivity contribution < 1.29 is 4.42 Å². The van der Waals surface area contributed by atoms with E-state index in [0.29, 0.717) is 0 Å². The van der Waals surface area contributed by atoms with Crippen LogP contribution in [0, 0.1) is 0 Å². The van der Waals surface area contributed by atoms with Crippen LogP contribution < -0.4 is 11.3 Å². The maximum atomic E-state index is 5.67. The van der Waals surface area contributed by atoms with Gasteiger partial charge in [0.25, 0.3) is 0 Å². The molecular formula is C12H17BrN4O. The van der Waals surface area contributed by atoms with Gasteiger partial charge in [0.1, 0.15) is 11.8 Å². The average molecular weight is 313 g/mol. The predicted molar refractivity (Wildman–Crippen MR) is 72.9 cm³/mol. The van der Waals surface area contributed by atoms with Crippen molar-refractivity contribution in [3.05, 3.63) is 40.0 Å². The van der Waals surface area contributed by atoms with Crippen LogP contribution in [-0.2, 0) is 13.0 Å². The van der Waals surface area contributed by atoms with Gasteiger partial charge in [-0.25, -0.2) is 5.43 Å². The first-order valence-electron chi connectivity index (χ1n) is 5.96. The number of nitrogens with two attached hydrogens (primary N) is 1. The molecule has 0 bridgehead atoms. The summed E-state index contributed by atoms with van der Waals surface area (Å²) in [6.07, 6.45) is 2.54. The van der Waals surface area contributed by atoms with E-state index in [1.807, 2.05) is 10.7 Å². The SMILES string of the molecule is CCc1cc(C(NN)c2occc2Br)n(CC)n1. The largest absolute Gasteiger partial charge is 0.466 e. The summed E-state index contributed by atoms with van der Waals surface area (Å²) in [5.41, 5.74) is 4.85. The van der Waals surface area contributed by atoms with E-state index < -0.39 is 0 Å². The van der Waals surface area contributed by atoms with Crippen LogP contribution in [0.3, 0.4) is 0 Å². The number of aryl methyl sites for hydroxylation is 2. The topological polar surface area (TPSA) is 69.0 Å². The minimum Gasteiger partial charge on any atom is -0.466 e. The molecule has 0 aliphatic heterocycles. The van der Waals surface area contributed by atoms with Gasteiger partial charge in [-0.3, -0.25) is 10.5 Å². The van der Waals surface area contributed by atoms with E-state index in [0.717, 1.165) is 34.6 Å². The molecule has 2 aromatic heterocycles. The number of rotatable bonds is 5. The Hall–Kier alpha value is -1.11. The lowest BCUT2D eigenvalue weighted by Crippen LogP contribution is -2.30. The molecule has 0 aliphatic carbocycles. The van der Waals surface area contributed by atoms with E-state index in [1.54, 1.807) is 6.26 Å². The maximum absolute atomic E-state index is 5.67. The molecule has 0 saturated carbocycles. The van der Waals surface area contributed by atoms with Gasteiger partial charge in [0, 0.05) is 6.54 Å². The highest BCUT2D eigenvalue weighted by Crippen LogP contribution is 2.29. The van der Waals surface area contributed by atoms with Crippen molar-refractivity contribution in [1.82, 2.24) is 15.2 Å². The fraction of sp³-hybridized carbons (Fsp3) is 0.417. The molecule has 5 nitrogen and oxygen atoms in total. The van der Waals surface area contributed by atoms with Gasteiger partial charge in [0.2, 0.25) is 0 Å². The first-order chi connectivity index (χ1) is 8.71. The summed E-state index contributed by atoms with van der Waals surface area (Å²) in [5, 5.41) is 4.52. The third kappa shape index (κ3) is 2.36. The van der Waals surface area contributed by atoms with Crippen molar-refractivity contribution >= 4 is 15.9 Å². The van der Waals surface area contributed by atoms with Crippen molar-refractivity contribution in [3.8, 4) is 0 Å². The number of halogens is 1. The number of nitrogens with one attached hydrogen (secondary N) is 1. The van der Waals surface area contributed by atoms with E-state index in [-0.39, 0.29) is 6.04 Å². The Morgan fingerprint density at radius 3 is 2.83 bits per heavy atom. The number of furan rings is 1. The van der Waals surface area contributed by atoms with Crippen molar-refractivity contribution in [1.29, 1.82) is 0 Å². The van der Waals surface area contributed by atoms with Crippen LogP contribution in [0.5, 0.6) is 0 Å². The third-order valence-electron chi connectivity index (χ3n) is 2.89. The summed E-state index contributed by atoms with van der Waals surface area (Å²) in [6.45, 7) is 4.94. The summed E-state index contributed by atoms with van der Waals surface area (Å²) in [6, 6.07) is 3.71. The summed E-state index contributed by atoms with van der Waals surface area (Å²) >= 11 is 3.46. The highest BCUT2D eigenvalue weighted by molar-refractivity contribution is 9.10. The molecule has 2 heterocycles. The van der Waals surface area contributed by atoms with E-state index in [4.69, 9.17) is 10.3 Å². The minimum atomic E-state index is -0.206. The normalized spacial score (nSPS) is 12.9. The molecule has 0 saturated heterocycles. The van der Waals surface area contributed by atoms with Gasteiger partial charge in [-0.1, -0.05) is 6.92 Å². The van der Waals surface area contributed by atoms with Crippen LogP contribution in [0.4, 0.5) is 0 Å². The molecule has 1 unspecified atom stereocenters. The van der Waals surface area contributed by atoms with E-state index >= 15 is 0 Å². The molecule has 0 spiro atoms. The summed E-state index contributed by atoms with van der Waals surface area (Å²) in [7, 11) is 0. The second kappa shape index (κ2) is 5.69. The van der Waals surface area contributed by atoms with Crippen molar-refractivity contribution in [2.24, 2.45) is 5.84 Å². The molecule has 98 valence electrons. The molecule has 6 heteroatoms. The molecule has 2 aromatic rings. The quantitative estimate of drug-likeness (QED) is 0.657. The fourth-order valence-electron chi connectivity index (χ4n) is 1.95. The molecular weight excluding hydrogens is 296 g/mol. The fourth-order valence-corrected chi connectivity index (χ4v) is 2.38. The van der Waals surface area contributed by atoms with Gasteiger partial charge in [-0.05, 0) is 41.4 Å². The lowest BCUT2D eigenvalue weighted by Gasteiger charge is -2.15. The first kappa shape index (κ1) is 13.3. The average Bonchev–Trinajstić information content (AvgIpc) is 2.98. The molecule has 18 heavy (non-hydrogen) atoms. The van der Waals surface area contributed by atoms with E-state index in [9.17, 15) is 0 Å². The number of hydrogen-bond donors (Lipinski definition) is 2. The molecule has 0 aliphatic rings. The van der Waals surface area contributed by atoms with E-state index in [1.165, 1.54) is 0 Å². The highest BCUT2D eigenvalue weighted by Gasteiger charge is 2.23. The van der Waals surface area contributed by atoms with Crippen molar-refractivity contribution in [2.75, 3.05) is 0 Å². The zero-order valence-electron chi connectivity index (χ0n) is 10.5. The first-order valence-corrected chi connectivity index (χ1v) is 6.76. The van der Waals surface area contributed by atoms with Gasteiger partial charge in [0.05, 0.1) is 22.1 Å². The van der Waals surface area contributed by atoms with Gasteiger partial charge in [-0.2, -0.15) is 5.10 Å². The second-order valence-electron chi connectivity index (χ2n) is 3.96. The standard InChI is InChI=1S/C12H17BrN4O/c1-3-8-7-10(17(4-2)16-8)11(15-14)12-9(13)5-6-18-12/h5-7,11,15H,3-4,14H2,1-2H3. The maximum Gasteiger partial charge on any atom is 0.142 e. The Morgan fingerprint density at radius 1 is 1.56 bits per heavy atom. The molecule has 1 atom stereocenters. The smallest absolute Gasteiger partial charge is 0.142 e. The van der Waals surface area contributed by atoms with Gasteiger partial charge in [0.15, 0.2) is 0 Å². The lowest BCUT2D eigenvalue weighted by molar-refractivity contribution is 0.430. The van der Waals surface area contributed by atoms with Gasteiger partial charge in [-0.15, -0.1) is 0 Å². The van der Waals surface area contributed by atoms with E-state index in [2.05, 4.69) is 46.4 Å². The Bertz CT molecular complexity index is 520. The Kier molecular flexibility index (Phi) is 4.21. The third-order valence-corrected chi connectivity index (χ3v) is 3.55. The zero-order chi connectivity index (χ0) is 13.1. The molecule has 0 radical (unpaired) electrons. The Morgan fingerprint density at radius 2 is 2.33 bits per heavy atom. The van der Waals surface area contributed by atoms with Crippen LogP contribution in [0.25, 0.3) is 0 Å². The predicted octanol–water partition coefficient (Wildman–Crippen LogP) is 2.37. The van der Waals surface area contributed by atoms with Crippen molar-refractivity contribution in [2.45, 2.75) is 32.9 Å². The Balaban J connectivity index is 2.44. The molecule has 0 fully saturated rings. The van der Waals surface area contributed by atoms with Gasteiger partial charge >= 0.3 is 0 Å². The number of hydrazine groups is 1. The van der Waals surface area contributed by atoms with Crippen LogP contribution in [0.15, 0.2) is 27.3 Å². The molecule has 3 N–H and O–H groups in total. The second-order valence-corrected chi connectivity index (χ2v) is 4.82. The summed E-state index contributed by atoms with van der Waals surface area (Å²) in [5.74, 6) is 6.43. The number of hydrogen-bond acceptors (Lipinski definition) is 4. The van der Waals surface area contributed by atoms with Crippen molar-refractivity contribution in [3.63, 3.8) is 0 Å². The van der Waals surface area contributed by atoms with Crippen LogP contribution in [0.2, 0.25) is 0 Å².